The smallest absolute Gasteiger partial charge is 0.335 e. The van der Waals surface area contributed by atoms with E-state index < -0.39 is 12.0 Å². The van der Waals surface area contributed by atoms with E-state index in [1.54, 1.807) is 25.3 Å². The summed E-state index contributed by atoms with van der Waals surface area (Å²) in [6.45, 7) is 0. The van der Waals surface area contributed by atoms with Gasteiger partial charge in [0.25, 0.3) is 0 Å². The second-order valence-corrected chi connectivity index (χ2v) is 5.16. The number of hydrogen-bond acceptors (Lipinski definition) is 3. The van der Waals surface area contributed by atoms with Crippen LogP contribution in [0, 0.1) is 0 Å². The van der Waals surface area contributed by atoms with Crippen molar-refractivity contribution in [2.24, 2.45) is 5.73 Å². The lowest BCUT2D eigenvalue weighted by Gasteiger charge is -2.14. The molecule has 1 unspecified atom stereocenters. The van der Waals surface area contributed by atoms with Gasteiger partial charge < -0.3 is 15.6 Å². The predicted molar refractivity (Wildman–Crippen MR) is 80.1 cm³/mol. The van der Waals surface area contributed by atoms with E-state index in [0.29, 0.717) is 0 Å². The normalized spacial score (nSPS) is 11.9. The van der Waals surface area contributed by atoms with Gasteiger partial charge in [0.1, 0.15) is 5.75 Å². The number of ether oxygens (including phenoxy) is 1. The van der Waals surface area contributed by atoms with Crippen LogP contribution >= 0.6 is 15.9 Å². The van der Waals surface area contributed by atoms with E-state index in [4.69, 9.17) is 15.6 Å². The van der Waals surface area contributed by atoms with Crippen molar-refractivity contribution in [2.45, 2.75) is 6.04 Å². The lowest BCUT2D eigenvalue weighted by molar-refractivity contribution is 0.0696. The molecule has 2 rings (SSSR count). The molecule has 104 valence electrons. The minimum Gasteiger partial charge on any atom is -0.496 e. The van der Waals surface area contributed by atoms with Gasteiger partial charge in [0, 0.05) is 0 Å². The Morgan fingerprint density at radius 1 is 1.25 bits per heavy atom. The van der Waals surface area contributed by atoms with Crippen LogP contribution in [-0.2, 0) is 0 Å². The van der Waals surface area contributed by atoms with E-state index in [2.05, 4.69) is 15.9 Å². The van der Waals surface area contributed by atoms with E-state index in [1.807, 2.05) is 24.3 Å². The van der Waals surface area contributed by atoms with Crippen LogP contribution in [0.4, 0.5) is 0 Å². The number of carboxylic acids is 1. The maximum absolute atomic E-state index is 11.0. The maximum atomic E-state index is 11.0. The Bertz CT molecular complexity index is 643. The maximum Gasteiger partial charge on any atom is 0.335 e. The highest BCUT2D eigenvalue weighted by Gasteiger charge is 2.13. The first-order chi connectivity index (χ1) is 9.52. The molecule has 0 fully saturated rings. The van der Waals surface area contributed by atoms with Crippen LogP contribution < -0.4 is 10.5 Å². The zero-order valence-electron chi connectivity index (χ0n) is 10.8. The summed E-state index contributed by atoms with van der Waals surface area (Å²) >= 11 is 3.41. The fourth-order valence-electron chi connectivity index (χ4n) is 1.93. The zero-order chi connectivity index (χ0) is 14.7. The van der Waals surface area contributed by atoms with Crippen molar-refractivity contribution in [1.29, 1.82) is 0 Å². The highest BCUT2D eigenvalue weighted by Crippen LogP contribution is 2.29. The molecular weight excluding hydrogens is 322 g/mol. The first-order valence-electron chi connectivity index (χ1n) is 5.95. The molecule has 0 radical (unpaired) electrons. The summed E-state index contributed by atoms with van der Waals surface area (Å²) in [7, 11) is 1.59. The standard InChI is InChI=1S/C15H14BrNO3/c1-20-13-6-5-10(8-12(13)16)14(17)9-3-2-4-11(7-9)15(18)19/h2-8,14H,17H2,1H3,(H,18,19). The van der Waals surface area contributed by atoms with Gasteiger partial charge >= 0.3 is 5.97 Å². The van der Waals surface area contributed by atoms with Crippen molar-refractivity contribution in [3.8, 4) is 5.75 Å². The molecular formula is C15H14BrNO3. The van der Waals surface area contributed by atoms with Gasteiger partial charge in [-0.2, -0.15) is 0 Å². The van der Waals surface area contributed by atoms with E-state index >= 15 is 0 Å². The zero-order valence-corrected chi connectivity index (χ0v) is 12.4. The molecule has 20 heavy (non-hydrogen) atoms. The second-order valence-electron chi connectivity index (χ2n) is 4.30. The number of carbonyl (C=O) groups is 1. The SMILES string of the molecule is COc1ccc(C(N)c2cccc(C(=O)O)c2)cc1Br. The highest BCUT2D eigenvalue weighted by molar-refractivity contribution is 9.10. The third-order valence-electron chi connectivity index (χ3n) is 3.03. The van der Waals surface area contributed by atoms with Crippen molar-refractivity contribution < 1.29 is 14.6 Å². The van der Waals surface area contributed by atoms with E-state index in [-0.39, 0.29) is 5.56 Å². The summed E-state index contributed by atoms with van der Waals surface area (Å²) in [5, 5.41) is 9.01. The summed E-state index contributed by atoms with van der Waals surface area (Å²) in [5.41, 5.74) is 8.05. The number of aromatic carboxylic acids is 1. The number of methoxy groups -OCH3 is 1. The van der Waals surface area contributed by atoms with Crippen molar-refractivity contribution in [2.75, 3.05) is 7.11 Å². The van der Waals surface area contributed by atoms with Gasteiger partial charge in [0.05, 0.1) is 23.2 Å². The highest BCUT2D eigenvalue weighted by atomic mass is 79.9. The molecule has 4 nitrogen and oxygen atoms in total. The number of halogens is 1. The summed E-state index contributed by atoms with van der Waals surface area (Å²) in [4.78, 5) is 11.0. The number of hydrogen-bond donors (Lipinski definition) is 2. The van der Waals surface area contributed by atoms with Crippen LogP contribution in [0.5, 0.6) is 5.75 Å². The van der Waals surface area contributed by atoms with E-state index in [0.717, 1.165) is 21.3 Å². The Morgan fingerprint density at radius 2 is 1.95 bits per heavy atom. The molecule has 0 saturated heterocycles. The molecule has 0 aromatic heterocycles. The second kappa shape index (κ2) is 6.07. The minimum absolute atomic E-state index is 0.227. The monoisotopic (exact) mass is 335 g/mol. The molecule has 1 atom stereocenters. The third-order valence-corrected chi connectivity index (χ3v) is 3.65. The van der Waals surface area contributed by atoms with Crippen LogP contribution in [0.25, 0.3) is 0 Å². The number of nitrogens with two attached hydrogens (primary N) is 1. The minimum atomic E-state index is -0.963. The number of benzene rings is 2. The molecule has 5 heteroatoms. The van der Waals surface area contributed by atoms with Crippen molar-refractivity contribution in [3.63, 3.8) is 0 Å². The van der Waals surface area contributed by atoms with Gasteiger partial charge in [-0.25, -0.2) is 4.79 Å². The Balaban J connectivity index is 2.35. The molecule has 0 heterocycles. The van der Waals surface area contributed by atoms with Crippen molar-refractivity contribution >= 4 is 21.9 Å². The average Bonchev–Trinajstić information content (AvgIpc) is 2.46. The molecule has 2 aromatic carbocycles. The fourth-order valence-corrected chi connectivity index (χ4v) is 2.49. The number of rotatable bonds is 4. The lowest BCUT2D eigenvalue weighted by atomic mass is 9.98. The van der Waals surface area contributed by atoms with Gasteiger partial charge in [-0.1, -0.05) is 18.2 Å². The van der Waals surface area contributed by atoms with Gasteiger partial charge in [-0.05, 0) is 51.3 Å². The Kier molecular flexibility index (Phi) is 4.42. The summed E-state index contributed by atoms with van der Waals surface area (Å²) in [6, 6.07) is 11.8. The first kappa shape index (κ1) is 14.6. The Labute approximate surface area is 125 Å². The Hall–Kier alpha value is -1.85. The lowest BCUT2D eigenvalue weighted by Crippen LogP contribution is -2.12. The van der Waals surface area contributed by atoms with Crippen molar-refractivity contribution in [3.05, 3.63) is 63.6 Å². The molecule has 0 aliphatic rings. The van der Waals surface area contributed by atoms with Crippen LogP contribution in [0.15, 0.2) is 46.9 Å². The molecule has 0 amide bonds. The predicted octanol–water partition coefficient (Wildman–Crippen LogP) is 3.20. The molecule has 0 aliphatic carbocycles. The van der Waals surface area contributed by atoms with Gasteiger partial charge in [-0.15, -0.1) is 0 Å². The first-order valence-corrected chi connectivity index (χ1v) is 6.74. The van der Waals surface area contributed by atoms with Crippen LogP contribution in [0.2, 0.25) is 0 Å². The van der Waals surface area contributed by atoms with Gasteiger partial charge in [0.2, 0.25) is 0 Å². The van der Waals surface area contributed by atoms with Crippen LogP contribution in [0.3, 0.4) is 0 Å². The average molecular weight is 336 g/mol. The topological polar surface area (TPSA) is 72.5 Å². The largest absolute Gasteiger partial charge is 0.496 e. The van der Waals surface area contributed by atoms with Gasteiger partial charge in [0.15, 0.2) is 0 Å². The molecule has 0 aliphatic heterocycles. The summed E-state index contributed by atoms with van der Waals surface area (Å²) in [6.07, 6.45) is 0. The van der Waals surface area contributed by atoms with Gasteiger partial charge in [-0.3, -0.25) is 0 Å². The molecule has 0 spiro atoms. The number of carboxylic acid groups (broad SMARTS) is 1. The van der Waals surface area contributed by atoms with Crippen molar-refractivity contribution in [1.82, 2.24) is 0 Å². The summed E-state index contributed by atoms with van der Waals surface area (Å²) < 4.78 is 5.98. The van der Waals surface area contributed by atoms with E-state index in [9.17, 15) is 4.79 Å². The quantitative estimate of drug-likeness (QED) is 0.899. The molecule has 2 aromatic rings. The van der Waals surface area contributed by atoms with E-state index in [1.165, 1.54) is 0 Å². The Morgan fingerprint density at radius 3 is 2.55 bits per heavy atom. The molecule has 0 saturated carbocycles. The van der Waals surface area contributed by atoms with Crippen LogP contribution in [0.1, 0.15) is 27.5 Å². The molecule has 3 N–H and O–H groups in total. The molecule has 0 bridgehead atoms. The van der Waals surface area contributed by atoms with Crippen LogP contribution in [-0.4, -0.2) is 18.2 Å². The summed E-state index contributed by atoms with van der Waals surface area (Å²) in [5.74, 6) is -0.241. The fraction of sp³-hybridized carbons (Fsp3) is 0.133. The third kappa shape index (κ3) is 3.00.